The minimum atomic E-state index is -3.32. The molecule has 0 saturated carbocycles. The number of nitrogens with zero attached hydrogens (tertiary/aromatic N) is 1. The minimum absolute atomic E-state index is 0.390. The highest BCUT2D eigenvalue weighted by Crippen LogP contribution is 2.21. The van der Waals surface area contributed by atoms with Gasteiger partial charge < -0.3 is 5.32 Å². The minimum Gasteiger partial charge on any atom is -0.385 e. The number of sulfonamides is 1. The average Bonchev–Trinajstić information content (AvgIpc) is 2.69. The van der Waals surface area contributed by atoms with Gasteiger partial charge in [-0.1, -0.05) is 0 Å². The Bertz CT molecular complexity index is 492. The standard InChI is InChI=1S/C13H20N2O2S2/c1-2-14-12-4-6-13(7-5-12)19(16,17)15-8-3-10-18-11-9-15/h4-7,14H,2-3,8-11H2,1H3. The Kier molecular flexibility index (Phi) is 5.13. The van der Waals surface area contributed by atoms with Crippen molar-refractivity contribution in [1.29, 1.82) is 0 Å². The van der Waals surface area contributed by atoms with Gasteiger partial charge in [0.15, 0.2) is 0 Å². The molecule has 0 radical (unpaired) electrons. The van der Waals surface area contributed by atoms with Crippen molar-refractivity contribution in [2.75, 3.05) is 36.5 Å². The second-order valence-electron chi connectivity index (χ2n) is 4.42. The zero-order valence-corrected chi connectivity index (χ0v) is 12.8. The van der Waals surface area contributed by atoms with E-state index >= 15 is 0 Å². The topological polar surface area (TPSA) is 49.4 Å². The van der Waals surface area contributed by atoms with Gasteiger partial charge >= 0.3 is 0 Å². The van der Waals surface area contributed by atoms with Gasteiger partial charge in [0.2, 0.25) is 10.0 Å². The molecule has 0 spiro atoms. The monoisotopic (exact) mass is 300 g/mol. The normalized spacial score (nSPS) is 17.9. The number of nitrogens with one attached hydrogen (secondary N) is 1. The van der Waals surface area contributed by atoms with Crippen LogP contribution in [0.3, 0.4) is 0 Å². The molecule has 1 heterocycles. The lowest BCUT2D eigenvalue weighted by atomic mass is 10.3. The largest absolute Gasteiger partial charge is 0.385 e. The molecule has 0 atom stereocenters. The fourth-order valence-electron chi connectivity index (χ4n) is 2.06. The number of anilines is 1. The lowest BCUT2D eigenvalue weighted by molar-refractivity contribution is 0.435. The van der Waals surface area contributed by atoms with Gasteiger partial charge in [-0.25, -0.2) is 8.42 Å². The summed E-state index contributed by atoms with van der Waals surface area (Å²) in [5, 5.41) is 3.16. The van der Waals surface area contributed by atoms with Crippen LogP contribution in [0.5, 0.6) is 0 Å². The number of benzene rings is 1. The quantitative estimate of drug-likeness (QED) is 0.926. The van der Waals surface area contributed by atoms with Crippen molar-refractivity contribution in [1.82, 2.24) is 4.31 Å². The molecule has 0 aliphatic carbocycles. The molecule has 1 aliphatic rings. The average molecular weight is 300 g/mol. The van der Waals surface area contributed by atoms with Crippen LogP contribution in [-0.4, -0.2) is 43.9 Å². The Labute approximate surface area is 119 Å². The predicted molar refractivity (Wildman–Crippen MR) is 81.3 cm³/mol. The summed E-state index contributed by atoms with van der Waals surface area (Å²) in [6, 6.07) is 7.02. The van der Waals surface area contributed by atoms with Crippen LogP contribution in [0, 0.1) is 0 Å². The number of thioether (sulfide) groups is 1. The third kappa shape index (κ3) is 3.64. The summed E-state index contributed by atoms with van der Waals surface area (Å²) in [5.74, 6) is 1.93. The molecule has 1 N–H and O–H groups in total. The van der Waals surface area contributed by atoms with Crippen LogP contribution < -0.4 is 5.32 Å². The van der Waals surface area contributed by atoms with Crippen LogP contribution >= 0.6 is 11.8 Å². The molecule has 1 aromatic rings. The molecule has 0 bridgehead atoms. The summed E-state index contributed by atoms with van der Waals surface area (Å²) in [7, 11) is -3.32. The van der Waals surface area contributed by atoms with E-state index in [9.17, 15) is 8.42 Å². The molecular weight excluding hydrogens is 280 g/mol. The van der Waals surface area contributed by atoms with E-state index < -0.39 is 10.0 Å². The van der Waals surface area contributed by atoms with E-state index in [1.165, 1.54) is 0 Å². The molecule has 0 unspecified atom stereocenters. The highest BCUT2D eigenvalue weighted by Gasteiger charge is 2.24. The molecule has 1 fully saturated rings. The molecule has 19 heavy (non-hydrogen) atoms. The van der Waals surface area contributed by atoms with Crippen LogP contribution in [0.4, 0.5) is 5.69 Å². The molecule has 1 aliphatic heterocycles. The summed E-state index contributed by atoms with van der Waals surface area (Å²) >= 11 is 1.82. The van der Waals surface area contributed by atoms with E-state index in [2.05, 4.69) is 5.32 Å². The second kappa shape index (κ2) is 6.63. The maximum Gasteiger partial charge on any atom is 0.243 e. The molecule has 1 saturated heterocycles. The highest BCUT2D eigenvalue weighted by atomic mass is 32.2. The summed E-state index contributed by atoms with van der Waals surface area (Å²) in [6.07, 6.45) is 0.930. The van der Waals surface area contributed by atoms with E-state index in [1.54, 1.807) is 16.4 Å². The maximum atomic E-state index is 12.5. The third-order valence-corrected chi connectivity index (χ3v) is 6.02. The second-order valence-corrected chi connectivity index (χ2v) is 7.59. The van der Waals surface area contributed by atoms with Crippen LogP contribution in [0.15, 0.2) is 29.2 Å². The summed E-state index contributed by atoms with van der Waals surface area (Å²) in [6.45, 7) is 4.08. The van der Waals surface area contributed by atoms with Gasteiger partial charge in [0.25, 0.3) is 0 Å². The van der Waals surface area contributed by atoms with Gasteiger partial charge in [0, 0.05) is 31.1 Å². The number of hydrogen-bond acceptors (Lipinski definition) is 4. The third-order valence-electron chi connectivity index (χ3n) is 3.05. The van der Waals surface area contributed by atoms with E-state index in [0.29, 0.717) is 18.0 Å². The van der Waals surface area contributed by atoms with Gasteiger partial charge in [-0.05, 0) is 43.4 Å². The SMILES string of the molecule is CCNc1ccc(S(=O)(=O)N2CCCSCC2)cc1. The summed E-state index contributed by atoms with van der Waals surface area (Å²) in [5.41, 5.74) is 0.952. The molecule has 6 heteroatoms. The van der Waals surface area contributed by atoms with Crippen molar-refractivity contribution in [2.45, 2.75) is 18.2 Å². The van der Waals surface area contributed by atoms with Crippen molar-refractivity contribution in [3.05, 3.63) is 24.3 Å². The Morgan fingerprint density at radius 3 is 2.63 bits per heavy atom. The van der Waals surface area contributed by atoms with Gasteiger partial charge in [0.05, 0.1) is 4.90 Å². The molecule has 1 aromatic carbocycles. The summed E-state index contributed by atoms with van der Waals surface area (Å²) in [4.78, 5) is 0.390. The number of hydrogen-bond donors (Lipinski definition) is 1. The molecule has 0 aromatic heterocycles. The van der Waals surface area contributed by atoms with E-state index in [0.717, 1.165) is 30.2 Å². The molecule has 106 valence electrons. The Balaban J connectivity index is 2.18. The van der Waals surface area contributed by atoms with Crippen LogP contribution in [0.1, 0.15) is 13.3 Å². The first kappa shape index (κ1) is 14.7. The molecule has 4 nitrogen and oxygen atoms in total. The molecule has 0 amide bonds. The first-order chi connectivity index (χ1) is 9.14. The summed E-state index contributed by atoms with van der Waals surface area (Å²) < 4.78 is 26.6. The lowest BCUT2D eigenvalue weighted by Crippen LogP contribution is -2.32. The first-order valence-electron chi connectivity index (χ1n) is 6.56. The van der Waals surface area contributed by atoms with Gasteiger partial charge in [0.1, 0.15) is 0 Å². The van der Waals surface area contributed by atoms with Crippen LogP contribution in [-0.2, 0) is 10.0 Å². The van der Waals surface area contributed by atoms with Crippen molar-refractivity contribution >= 4 is 27.5 Å². The van der Waals surface area contributed by atoms with Crippen molar-refractivity contribution in [3.8, 4) is 0 Å². The van der Waals surface area contributed by atoms with Crippen molar-refractivity contribution < 1.29 is 8.42 Å². The van der Waals surface area contributed by atoms with Crippen molar-refractivity contribution in [3.63, 3.8) is 0 Å². The fourth-order valence-corrected chi connectivity index (χ4v) is 4.54. The maximum absolute atomic E-state index is 12.5. The van der Waals surface area contributed by atoms with Gasteiger partial charge in [-0.15, -0.1) is 0 Å². The Hall–Kier alpha value is -0.720. The van der Waals surface area contributed by atoms with Gasteiger partial charge in [-0.3, -0.25) is 0 Å². The number of rotatable bonds is 4. The molecular formula is C13H20N2O2S2. The lowest BCUT2D eigenvalue weighted by Gasteiger charge is -2.19. The van der Waals surface area contributed by atoms with Gasteiger partial charge in [-0.2, -0.15) is 16.1 Å². The van der Waals surface area contributed by atoms with Crippen LogP contribution in [0.2, 0.25) is 0 Å². The fraction of sp³-hybridized carbons (Fsp3) is 0.538. The highest BCUT2D eigenvalue weighted by molar-refractivity contribution is 7.99. The zero-order chi connectivity index (χ0) is 13.7. The van der Waals surface area contributed by atoms with E-state index in [4.69, 9.17) is 0 Å². The Morgan fingerprint density at radius 1 is 1.21 bits per heavy atom. The van der Waals surface area contributed by atoms with Crippen LogP contribution in [0.25, 0.3) is 0 Å². The molecule has 2 rings (SSSR count). The van der Waals surface area contributed by atoms with E-state index in [-0.39, 0.29) is 0 Å². The zero-order valence-electron chi connectivity index (χ0n) is 11.1. The first-order valence-corrected chi connectivity index (χ1v) is 9.16. The Morgan fingerprint density at radius 2 is 1.95 bits per heavy atom. The van der Waals surface area contributed by atoms with Crippen molar-refractivity contribution in [2.24, 2.45) is 0 Å². The van der Waals surface area contributed by atoms with E-state index in [1.807, 2.05) is 30.8 Å². The predicted octanol–water partition coefficient (Wildman–Crippen LogP) is 2.25. The smallest absolute Gasteiger partial charge is 0.243 e.